The maximum atomic E-state index is 11.5. The first-order valence-electron chi connectivity index (χ1n) is 6.15. The van der Waals surface area contributed by atoms with Crippen molar-refractivity contribution in [3.63, 3.8) is 0 Å². The van der Waals surface area contributed by atoms with Crippen molar-refractivity contribution in [1.82, 2.24) is 5.32 Å². The molecular formula is C13H19NO3S. The zero-order chi connectivity index (χ0) is 13.4. The van der Waals surface area contributed by atoms with Crippen LogP contribution in [0.25, 0.3) is 0 Å². The lowest BCUT2D eigenvalue weighted by Crippen LogP contribution is -2.32. The lowest BCUT2D eigenvalue weighted by molar-refractivity contribution is -0.141. The van der Waals surface area contributed by atoms with Crippen LogP contribution in [0.15, 0.2) is 17.5 Å². The summed E-state index contributed by atoms with van der Waals surface area (Å²) in [5, 5.41) is 13.5. The normalized spacial score (nSPS) is 12.1. The molecule has 100 valence electrons. The highest BCUT2D eigenvalue weighted by atomic mass is 32.1. The van der Waals surface area contributed by atoms with Crippen LogP contribution in [-0.2, 0) is 16.0 Å². The van der Waals surface area contributed by atoms with E-state index in [2.05, 4.69) is 11.4 Å². The van der Waals surface area contributed by atoms with E-state index >= 15 is 0 Å². The van der Waals surface area contributed by atoms with Crippen LogP contribution in [-0.4, -0.2) is 23.5 Å². The summed E-state index contributed by atoms with van der Waals surface area (Å²) in [7, 11) is 0. The fraction of sp³-hybridized carbons (Fsp3) is 0.538. The molecule has 1 amide bonds. The Hall–Kier alpha value is -1.36. The molecule has 0 radical (unpaired) electrons. The van der Waals surface area contributed by atoms with Crippen molar-refractivity contribution < 1.29 is 14.7 Å². The number of carbonyl (C=O) groups is 2. The van der Waals surface area contributed by atoms with Gasteiger partial charge in [0, 0.05) is 17.8 Å². The first kappa shape index (κ1) is 14.7. The summed E-state index contributed by atoms with van der Waals surface area (Å²) in [5.41, 5.74) is 0. The highest BCUT2D eigenvalue weighted by Crippen LogP contribution is 2.11. The Labute approximate surface area is 111 Å². The summed E-state index contributed by atoms with van der Waals surface area (Å²) in [6.45, 7) is 2.03. The third kappa shape index (κ3) is 5.31. The molecule has 1 aromatic rings. The van der Waals surface area contributed by atoms with Crippen molar-refractivity contribution in [2.45, 2.75) is 32.6 Å². The second-order valence-electron chi connectivity index (χ2n) is 4.18. The Kier molecular flexibility index (Phi) is 6.43. The molecule has 0 aliphatic heterocycles. The van der Waals surface area contributed by atoms with Gasteiger partial charge in [0.25, 0.3) is 0 Å². The molecule has 0 aliphatic carbocycles. The van der Waals surface area contributed by atoms with Crippen molar-refractivity contribution in [2.75, 3.05) is 6.54 Å². The maximum Gasteiger partial charge on any atom is 0.308 e. The zero-order valence-corrected chi connectivity index (χ0v) is 11.3. The van der Waals surface area contributed by atoms with Crippen molar-refractivity contribution in [2.24, 2.45) is 5.92 Å². The van der Waals surface area contributed by atoms with E-state index in [1.807, 2.05) is 18.4 Å². The molecule has 5 heteroatoms. The monoisotopic (exact) mass is 269 g/mol. The van der Waals surface area contributed by atoms with E-state index in [0.717, 1.165) is 12.8 Å². The minimum absolute atomic E-state index is 0.0637. The lowest BCUT2D eigenvalue weighted by Gasteiger charge is -2.10. The predicted octanol–water partition coefficient (Wildman–Crippen LogP) is 2.30. The van der Waals surface area contributed by atoms with Crippen molar-refractivity contribution in [1.29, 1.82) is 0 Å². The molecule has 0 saturated heterocycles. The summed E-state index contributed by atoms with van der Waals surface area (Å²) in [6, 6.07) is 4.05. The minimum Gasteiger partial charge on any atom is -0.481 e. The fourth-order valence-corrected chi connectivity index (χ4v) is 2.36. The number of carboxylic acid groups (broad SMARTS) is 1. The molecule has 0 fully saturated rings. The zero-order valence-electron chi connectivity index (χ0n) is 10.5. The van der Waals surface area contributed by atoms with E-state index in [-0.39, 0.29) is 12.5 Å². The quantitative estimate of drug-likeness (QED) is 0.761. The van der Waals surface area contributed by atoms with Gasteiger partial charge in [0.1, 0.15) is 0 Å². The number of carbonyl (C=O) groups excluding carboxylic acids is 1. The lowest BCUT2D eigenvalue weighted by atomic mass is 10.1. The molecule has 1 atom stereocenters. The van der Waals surface area contributed by atoms with E-state index < -0.39 is 11.9 Å². The molecule has 1 rings (SSSR count). The van der Waals surface area contributed by atoms with Gasteiger partial charge in [-0.15, -0.1) is 11.3 Å². The topological polar surface area (TPSA) is 66.4 Å². The van der Waals surface area contributed by atoms with E-state index in [9.17, 15) is 9.59 Å². The summed E-state index contributed by atoms with van der Waals surface area (Å²) in [6.07, 6.45) is 2.69. The number of rotatable bonds is 8. The van der Waals surface area contributed by atoms with Gasteiger partial charge in [0.2, 0.25) is 5.91 Å². The maximum absolute atomic E-state index is 11.5. The van der Waals surface area contributed by atoms with Gasteiger partial charge < -0.3 is 10.4 Å². The van der Waals surface area contributed by atoms with E-state index in [0.29, 0.717) is 12.8 Å². The van der Waals surface area contributed by atoms with Crippen LogP contribution < -0.4 is 5.32 Å². The van der Waals surface area contributed by atoms with Crippen molar-refractivity contribution in [3.05, 3.63) is 22.4 Å². The Balaban J connectivity index is 2.15. The van der Waals surface area contributed by atoms with Crippen LogP contribution in [0, 0.1) is 5.92 Å². The van der Waals surface area contributed by atoms with Gasteiger partial charge in [0.15, 0.2) is 0 Å². The van der Waals surface area contributed by atoms with Gasteiger partial charge in [-0.05, 0) is 30.7 Å². The second kappa shape index (κ2) is 7.87. The number of amides is 1. The molecular weight excluding hydrogens is 250 g/mol. The van der Waals surface area contributed by atoms with Gasteiger partial charge in [-0.2, -0.15) is 0 Å². The molecule has 0 aliphatic rings. The van der Waals surface area contributed by atoms with Crippen LogP contribution in [0.2, 0.25) is 0 Å². The van der Waals surface area contributed by atoms with Crippen LogP contribution in [0.4, 0.5) is 0 Å². The number of hydrogen-bond acceptors (Lipinski definition) is 3. The minimum atomic E-state index is -0.851. The molecule has 1 unspecified atom stereocenters. The number of nitrogens with one attached hydrogen (secondary N) is 1. The standard InChI is InChI=1S/C13H19NO3S/c1-2-10(13(16)17)9-14-12(15)7-3-5-11-6-4-8-18-11/h4,6,8,10H,2-3,5,7,9H2,1H3,(H,14,15)(H,16,17). The first-order valence-corrected chi connectivity index (χ1v) is 7.03. The van der Waals surface area contributed by atoms with E-state index in [4.69, 9.17) is 5.11 Å². The average molecular weight is 269 g/mol. The van der Waals surface area contributed by atoms with E-state index in [1.54, 1.807) is 11.3 Å². The SMILES string of the molecule is CCC(CNC(=O)CCCc1cccs1)C(=O)O. The molecule has 0 aromatic carbocycles. The Morgan fingerprint density at radius 2 is 2.28 bits per heavy atom. The number of aryl methyl sites for hydroxylation is 1. The van der Waals surface area contributed by atoms with Gasteiger partial charge >= 0.3 is 5.97 Å². The third-order valence-electron chi connectivity index (χ3n) is 2.79. The average Bonchev–Trinajstić information content (AvgIpc) is 2.82. The van der Waals surface area contributed by atoms with Gasteiger partial charge in [-0.25, -0.2) is 0 Å². The van der Waals surface area contributed by atoms with Crippen LogP contribution in [0.5, 0.6) is 0 Å². The third-order valence-corrected chi connectivity index (χ3v) is 3.73. The summed E-state index contributed by atoms with van der Waals surface area (Å²) >= 11 is 1.69. The Morgan fingerprint density at radius 3 is 2.83 bits per heavy atom. The van der Waals surface area contributed by atoms with Crippen molar-refractivity contribution >= 4 is 23.2 Å². The molecule has 0 bridgehead atoms. The molecule has 1 aromatic heterocycles. The van der Waals surface area contributed by atoms with Gasteiger partial charge in [0.05, 0.1) is 5.92 Å². The van der Waals surface area contributed by atoms with Gasteiger partial charge in [-0.1, -0.05) is 13.0 Å². The fourth-order valence-electron chi connectivity index (χ4n) is 1.61. The molecule has 1 heterocycles. The van der Waals surface area contributed by atoms with Crippen molar-refractivity contribution in [3.8, 4) is 0 Å². The van der Waals surface area contributed by atoms with Crippen LogP contribution in [0.3, 0.4) is 0 Å². The molecule has 0 saturated carbocycles. The first-order chi connectivity index (χ1) is 8.63. The van der Waals surface area contributed by atoms with Crippen LogP contribution in [0.1, 0.15) is 31.1 Å². The van der Waals surface area contributed by atoms with E-state index in [1.165, 1.54) is 4.88 Å². The largest absolute Gasteiger partial charge is 0.481 e. The van der Waals surface area contributed by atoms with Gasteiger partial charge in [-0.3, -0.25) is 9.59 Å². The molecule has 18 heavy (non-hydrogen) atoms. The summed E-state index contributed by atoms with van der Waals surface area (Å²) < 4.78 is 0. The number of hydrogen-bond donors (Lipinski definition) is 2. The molecule has 2 N–H and O–H groups in total. The number of aliphatic carboxylic acids is 1. The smallest absolute Gasteiger partial charge is 0.308 e. The Morgan fingerprint density at radius 1 is 1.50 bits per heavy atom. The highest BCUT2D eigenvalue weighted by Gasteiger charge is 2.15. The predicted molar refractivity (Wildman–Crippen MR) is 71.7 cm³/mol. The highest BCUT2D eigenvalue weighted by molar-refractivity contribution is 7.09. The number of thiophene rings is 1. The summed E-state index contributed by atoms with van der Waals surface area (Å²) in [5.74, 6) is -1.39. The molecule has 4 nitrogen and oxygen atoms in total. The molecule has 0 spiro atoms. The number of carboxylic acids is 1. The van der Waals surface area contributed by atoms with Crippen LogP contribution >= 0.6 is 11.3 Å². The summed E-state index contributed by atoms with van der Waals surface area (Å²) in [4.78, 5) is 23.6. The Bertz CT molecular complexity index is 376. The second-order valence-corrected chi connectivity index (χ2v) is 5.21.